The Morgan fingerprint density at radius 1 is 1.47 bits per heavy atom. The number of benzene rings is 1. The minimum atomic E-state index is -0.277. The molecule has 0 aliphatic rings. The summed E-state index contributed by atoms with van der Waals surface area (Å²) in [5.41, 5.74) is 9.13. The number of rotatable bonds is 2. The lowest BCUT2D eigenvalue weighted by molar-refractivity contribution is 0.512. The van der Waals surface area contributed by atoms with E-state index >= 15 is 0 Å². The molecule has 0 saturated heterocycles. The first kappa shape index (κ1) is 10.1. The van der Waals surface area contributed by atoms with Crippen LogP contribution in [0.2, 0.25) is 0 Å². The van der Waals surface area contributed by atoms with Crippen molar-refractivity contribution in [2.45, 2.75) is 13.0 Å². The van der Waals surface area contributed by atoms with Crippen molar-refractivity contribution >= 4 is 26.9 Å². The standard InChI is InChI=1S/C10H8BrN3O/c1-6(13-14-12)10-5-7-4-8(11)2-3-9(7)15-10/h2-6H,1H3. The zero-order valence-electron chi connectivity index (χ0n) is 8.01. The average Bonchev–Trinajstić information content (AvgIpc) is 2.60. The van der Waals surface area contributed by atoms with E-state index in [0.717, 1.165) is 15.4 Å². The Labute approximate surface area is 94.6 Å². The van der Waals surface area contributed by atoms with Gasteiger partial charge in [0.15, 0.2) is 0 Å². The van der Waals surface area contributed by atoms with Crippen LogP contribution in [0.3, 0.4) is 0 Å². The first-order valence-electron chi connectivity index (χ1n) is 4.44. The summed E-state index contributed by atoms with van der Waals surface area (Å²) in [4.78, 5) is 2.76. The molecule has 1 aromatic heterocycles. The second kappa shape index (κ2) is 3.96. The van der Waals surface area contributed by atoms with Gasteiger partial charge >= 0.3 is 0 Å². The molecule has 0 N–H and O–H groups in total. The van der Waals surface area contributed by atoms with Crippen molar-refractivity contribution in [2.75, 3.05) is 0 Å². The number of halogens is 1. The van der Waals surface area contributed by atoms with E-state index in [1.54, 1.807) is 6.92 Å². The van der Waals surface area contributed by atoms with Crippen LogP contribution in [0.15, 0.2) is 38.3 Å². The van der Waals surface area contributed by atoms with Crippen molar-refractivity contribution in [3.63, 3.8) is 0 Å². The molecule has 0 aliphatic carbocycles. The summed E-state index contributed by atoms with van der Waals surface area (Å²) >= 11 is 3.39. The van der Waals surface area contributed by atoms with Gasteiger partial charge < -0.3 is 4.42 Å². The molecule has 1 heterocycles. The van der Waals surface area contributed by atoms with Crippen LogP contribution in [-0.2, 0) is 0 Å². The number of furan rings is 1. The summed E-state index contributed by atoms with van der Waals surface area (Å²) in [6.07, 6.45) is 0. The fourth-order valence-electron chi connectivity index (χ4n) is 1.37. The Kier molecular flexibility index (Phi) is 2.66. The van der Waals surface area contributed by atoms with Gasteiger partial charge in [-0.1, -0.05) is 21.0 Å². The third kappa shape index (κ3) is 1.98. The maximum absolute atomic E-state index is 8.33. The van der Waals surface area contributed by atoms with Gasteiger partial charge in [0.25, 0.3) is 0 Å². The van der Waals surface area contributed by atoms with Crippen molar-refractivity contribution in [3.05, 3.63) is 44.9 Å². The van der Waals surface area contributed by atoms with Crippen LogP contribution in [-0.4, -0.2) is 0 Å². The molecule has 2 aromatic rings. The minimum Gasteiger partial charge on any atom is -0.461 e. The van der Waals surface area contributed by atoms with Crippen LogP contribution < -0.4 is 0 Å². The molecule has 0 amide bonds. The lowest BCUT2D eigenvalue weighted by Crippen LogP contribution is -1.82. The predicted molar refractivity (Wildman–Crippen MR) is 61.5 cm³/mol. The maximum atomic E-state index is 8.33. The van der Waals surface area contributed by atoms with Gasteiger partial charge in [-0.15, -0.1) is 0 Å². The molecule has 15 heavy (non-hydrogen) atoms. The summed E-state index contributed by atoms with van der Waals surface area (Å²) < 4.78 is 6.55. The zero-order chi connectivity index (χ0) is 10.8. The Hall–Kier alpha value is -1.45. The smallest absolute Gasteiger partial charge is 0.134 e. The molecule has 0 saturated carbocycles. The summed E-state index contributed by atoms with van der Waals surface area (Å²) in [5.74, 6) is 0.681. The van der Waals surface area contributed by atoms with Crippen molar-refractivity contribution < 1.29 is 4.42 Å². The third-order valence-electron chi connectivity index (χ3n) is 2.13. The molecule has 1 aromatic carbocycles. The molecular formula is C10H8BrN3O. The normalized spacial score (nSPS) is 12.4. The van der Waals surface area contributed by atoms with E-state index in [4.69, 9.17) is 9.95 Å². The first-order chi connectivity index (χ1) is 7.20. The highest BCUT2D eigenvalue weighted by atomic mass is 79.9. The molecular weight excluding hydrogens is 258 g/mol. The zero-order valence-corrected chi connectivity index (χ0v) is 9.60. The molecule has 2 rings (SSSR count). The van der Waals surface area contributed by atoms with Gasteiger partial charge in [-0.05, 0) is 36.7 Å². The molecule has 0 aliphatic heterocycles. The van der Waals surface area contributed by atoms with E-state index in [9.17, 15) is 0 Å². The summed E-state index contributed by atoms with van der Waals surface area (Å²) in [5, 5.41) is 4.59. The second-order valence-corrected chi connectivity index (χ2v) is 4.13. The van der Waals surface area contributed by atoms with Crippen LogP contribution >= 0.6 is 15.9 Å². The first-order valence-corrected chi connectivity index (χ1v) is 5.23. The summed E-state index contributed by atoms with van der Waals surface area (Å²) in [6.45, 7) is 1.80. The predicted octanol–water partition coefficient (Wildman–Crippen LogP) is 4.57. The SMILES string of the molecule is CC(N=[N+]=[N-])c1cc2cc(Br)ccc2o1. The molecule has 5 heteroatoms. The Bertz CT molecular complexity index is 543. The van der Waals surface area contributed by atoms with Crippen LogP contribution in [0.25, 0.3) is 21.4 Å². The van der Waals surface area contributed by atoms with Crippen molar-refractivity contribution in [1.29, 1.82) is 0 Å². The minimum absolute atomic E-state index is 0.277. The highest BCUT2D eigenvalue weighted by Crippen LogP contribution is 2.27. The monoisotopic (exact) mass is 265 g/mol. The second-order valence-electron chi connectivity index (χ2n) is 3.21. The van der Waals surface area contributed by atoms with Crippen molar-refractivity contribution in [1.82, 2.24) is 0 Å². The fourth-order valence-corrected chi connectivity index (χ4v) is 1.75. The lowest BCUT2D eigenvalue weighted by atomic mass is 10.2. The van der Waals surface area contributed by atoms with Crippen LogP contribution in [0.1, 0.15) is 18.7 Å². The molecule has 0 bridgehead atoms. The number of azide groups is 1. The van der Waals surface area contributed by atoms with E-state index in [0.29, 0.717) is 5.76 Å². The van der Waals surface area contributed by atoms with Crippen LogP contribution in [0, 0.1) is 0 Å². The van der Waals surface area contributed by atoms with Gasteiger partial charge in [-0.25, -0.2) is 0 Å². The lowest BCUT2D eigenvalue weighted by Gasteiger charge is -1.96. The number of hydrogen-bond donors (Lipinski definition) is 0. The average molecular weight is 266 g/mol. The summed E-state index contributed by atoms with van der Waals surface area (Å²) in [7, 11) is 0. The molecule has 4 nitrogen and oxygen atoms in total. The quantitative estimate of drug-likeness (QED) is 0.446. The summed E-state index contributed by atoms with van der Waals surface area (Å²) in [6, 6.07) is 7.37. The van der Waals surface area contributed by atoms with Gasteiger partial charge in [0, 0.05) is 14.8 Å². The molecule has 1 atom stereocenters. The van der Waals surface area contributed by atoms with E-state index in [-0.39, 0.29) is 6.04 Å². The van der Waals surface area contributed by atoms with E-state index in [2.05, 4.69) is 26.0 Å². The maximum Gasteiger partial charge on any atom is 0.134 e. The van der Waals surface area contributed by atoms with Gasteiger partial charge in [0.2, 0.25) is 0 Å². The number of fused-ring (bicyclic) bond motifs is 1. The number of nitrogens with zero attached hydrogens (tertiary/aromatic N) is 3. The van der Waals surface area contributed by atoms with Gasteiger partial charge in [-0.2, -0.15) is 0 Å². The Morgan fingerprint density at radius 3 is 3.00 bits per heavy atom. The Balaban J connectivity index is 2.51. The highest BCUT2D eigenvalue weighted by molar-refractivity contribution is 9.10. The largest absolute Gasteiger partial charge is 0.461 e. The Morgan fingerprint density at radius 2 is 2.27 bits per heavy atom. The topological polar surface area (TPSA) is 61.9 Å². The van der Waals surface area contributed by atoms with Gasteiger partial charge in [-0.3, -0.25) is 0 Å². The third-order valence-corrected chi connectivity index (χ3v) is 2.63. The van der Waals surface area contributed by atoms with Gasteiger partial charge in [0.05, 0.1) is 6.04 Å². The molecule has 0 fully saturated rings. The number of hydrogen-bond acceptors (Lipinski definition) is 2. The molecule has 76 valence electrons. The molecule has 0 radical (unpaired) electrons. The van der Waals surface area contributed by atoms with Crippen molar-refractivity contribution in [2.24, 2.45) is 5.11 Å². The molecule has 0 spiro atoms. The van der Waals surface area contributed by atoms with Crippen LogP contribution in [0.5, 0.6) is 0 Å². The molecule has 1 unspecified atom stereocenters. The van der Waals surface area contributed by atoms with Gasteiger partial charge in [0.1, 0.15) is 11.3 Å². The van der Waals surface area contributed by atoms with E-state index in [1.807, 2.05) is 24.3 Å². The fraction of sp³-hybridized carbons (Fsp3) is 0.200. The van der Waals surface area contributed by atoms with E-state index in [1.165, 1.54) is 0 Å². The van der Waals surface area contributed by atoms with Crippen LogP contribution in [0.4, 0.5) is 0 Å². The highest BCUT2D eigenvalue weighted by Gasteiger charge is 2.09. The van der Waals surface area contributed by atoms with E-state index < -0.39 is 0 Å². The van der Waals surface area contributed by atoms with Crippen molar-refractivity contribution in [3.8, 4) is 0 Å².